The zero-order valence-corrected chi connectivity index (χ0v) is 62.6. The van der Waals surface area contributed by atoms with Gasteiger partial charge in [-0.25, -0.2) is 0 Å². The van der Waals surface area contributed by atoms with E-state index in [1.165, 1.54) is 85.5 Å². The van der Waals surface area contributed by atoms with Gasteiger partial charge in [0.15, 0.2) is 11.6 Å². The minimum Gasteiger partial charge on any atom is -0.390 e. The number of nitrogens with one attached hydrogen (secondary N) is 3. The van der Waals surface area contributed by atoms with E-state index < -0.39 is 161 Å². The fourth-order valence-corrected chi connectivity index (χ4v) is 13.0. The van der Waals surface area contributed by atoms with Crippen molar-refractivity contribution in [3.05, 3.63) is 0 Å². The molecule has 0 radical (unpaired) electrons. The summed E-state index contributed by atoms with van der Waals surface area (Å²) >= 11 is 0. The number of ketones is 2. The number of unbranched alkanes of at least 4 members (excludes halogenated alkanes) is 3. The van der Waals surface area contributed by atoms with Crippen LogP contribution in [-0.4, -0.2) is 252 Å². The van der Waals surface area contributed by atoms with Gasteiger partial charge in [0.25, 0.3) is 0 Å². The van der Waals surface area contributed by atoms with E-state index in [4.69, 9.17) is 9.47 Å². The maximum atomic E-state index is 15.2. The average Bonchev–Trinajstić information content (AvgIpc) is 0.826. The predicted octanol–water partition coefficient (Wildman–Crippen LogP) is 5.58. The number of carbonyl (C=O) groups is 11. The number of aliphatic hydroxyl groups excluding tert-OH is 1. The summed E-state index contributed by atoms with van der Waals surface area (Å²) in [6.07, 6.45) is 1.88. The van der Waals surface area contributed by atoms with Gasteiger partial charge in [0, 0.05) is 86.7 Å². The SMILES string of the molecule is CCCCC[C@@H](C)[C@@H](O)[C@@H]1NC(=O)[C@H](C(C)C)N(C)C(=O)[C@H](CC(C)C)N(C)C(=O)[C@H](CC(C)C)N(C)C(=O)[C@@H](C)NC(=O)[C@H](C)CC(=O)[C@H](CC(C)C)N(C)C(=O)[C@H](C(C)C)CC(=O)[C@H]([C@@H](C)OCCCCN2CCOCC2)N(C)C(=O)[C@@H](C)N(C)C(=O)[C@H](CC)NC1=O. The molecule has 546 valence electrons. The molecule has 0 aromatic carbocycles. The zero-order valence-electron chi connectivity index (χ0n) is 62.6. The van der Waals surface area contributed by atoms with Gasteiger partial charge in [-0.15, -0.1) is 0 Å². The maximum absolute atomic E-state index is 15.2. The fraction of sp³-hybridized carbons (Fsp3) is 0.845. The Balaban J connectivity index is 2.97. The lowest BCUT2D eigenvalue weighted by molar-refractivity contribution is -0.154. The van der Waals surface area contributed by atoms with E-state index in [2.05, 4.69) is 20.9 Å². The summed E-state index contributed by atoms with van der Waals surface area (Å²) in [6.45, 7) is 34.1. The molecular formula is C71H128N10O14. The molecule has 0 aromatic heterocycles. The number of aliphatic hydroxyl groups is 1. The highest BCUT2D eigenvalue weighted by atomic mass is 16.5. The second-order valence-corrected chi connectivity index (χ2v) is 29.4. The number of hydrogen-bond donors (Lipinski definition) is 4. The summed E-state index contributed by atoms with van der Waals surface area (Å²) in [6, 6.07) is -11.2. The molecule has 24 nitrogen and oxygen atoms in total. The van der Waals surface area contributed by atoms with E-state index in [0.717, 1.165) is 38.9 Å². The Morgan fingerprint density at radius 3 is 1.55 bits per heavy atom. The Morgan fingerprint density at radius 2 is 1.03 bits per heavy atom. The van der Waals surface area contributed by atoms with Crippen molar-refractivity contribution in [3.63, 3.8) is 0 Å². The van der Waals surface area contributed by atoms with Crippen LogP contribution in [-0.2, 0) is 62.2 Å². The second kappa shape index (κ2) is 41.0. The molecule has 0 aromatic rings. The Bertz CT molecular complexity index is 2510. The summed E-state index contributed by atoms with van der Waals surface area (Å²) in [4.78, 5) is 173. The Labute approximate surface area is 570 Å². The third-order valence-corrected chi connectivity index (χ3v) is 19.3. The highest BCUT2D eigenvalue weighted by Gasteiger charge is 2.45. The van der Waals surface area contributed by atoms with Crippen LogP contribution in [0.3, 0.4) is 0 Å². The number of hydrogen-bond acceptors (Lipinski definition) is 15. The molecule has 2 fully saturated rings. The average molecular weight is 1350 g/mol. The molecule has 0 saturated carbocycles. The van der Waals surface area contributed by atoms with Crippen molar-refractivity contribution in [1.29, 1.82) is 0 Å². The number of carbonyl (C=O) groups excluding carboxylic acids is 11. The first-order chi connectivity index (χ1) is 44.3. The predicted molar refractivity (Wildman–Crippen MR) is 368 cm³/mol. The minimum atomic E-state index is -1.65. The molecule has 95 heavy (non-hydrogen) atoms. The molecule has 2 rings (SSSR count). The van der Waals surface area contributed by atoms with Crippen LogP contribution in [0.25, 0.3) is 0 Å². The first-order valence-electron chi connectivity index (χ1n) is 35.5. The molecule has 0 bridgehead atoms. The van der Waals surface area contributed by atoms with Gasteiger partial charge >= 0.3 is 0 Å². The summed E-state index contributed by atoms with van der Waals surface area (Å²) < 4.78 is 11.9. The number of nitrogens with zero attached hydrogens (tertiary/aromatic N) is 7. The van der Waals surface area contributed by atoms with Crippen LogP contribution >= 0.6 is 0 Å². The molecule has 2 aliphatic heterocycles. The zero-order chi connectivity index (χ0) is 72.6. The van der Waals surface area contributed by atoms with E-state index in [1.807, 2.05) is 48.5 Å². The van der Waals surface area contributed by atoms with E-state index in [9.17, 15) is 43.5 Å². The van der Waals surface area contributed by atoms with Gasteiger partial charge in [-0.3, -0.25) is 57.6 Å². The highest BCUT2D eigenvalue weighted by Crippen LogP contribution is 2.28. The lowest BCUT2D eigenvalue weighted by Crippen LogP contribution is -2.63. The highest BCUT2D eigenvalue weighted by molar-refractivity contribution is 6.00. The van der Waals surface area contributed by atoms with Crippen molar-refractivity contribution >= 4 is 64.7 Å². The molecular weight excluding hydrogens is 1220 g/mol. The number of ether oxygens (including phenoxy) is 2. The fourth-order valence-electron chi connectivity index (χ4n) is 13.0. The van der Waals surface area contributed by atoms with Crippen LogP contribution in [0.15, 0.2) is 0 Å². The topological polar surface area (TPSA) is 285 Å². The van der Waals surface area contributed by atoms with Gasteiger partial charge in [0.1, 0.15) is 48.3 Å². The van der Waals surface area contributed by atoms with E-state index in [0.29, 0.717) is 32.5 Å². The second-order valence-electron chi connectivity index (χ2n) is 29.4. The molecule has 2 heterocycles. The van der Waals surface area contributed by atoms with Crippen molar-refractivity contribution in [2.75, 3.05) is 81.7 Å². The molecule has 2 aliphatic rings. The Kier molecular flexibility index (Phi) is 36.9. The van der Waals surface area contributed by atoms with Gasteiger partial charge in [-0.2, -0.15) is 0 Å². The van der Waals surface area contributed by atoms with Crippen LogP contribution < -0.4 is 16.0 Å². The number of amides is 9. The van der Waals surface area contributed by atoms with Crippen molar-refractivity contribution in [3.8, 4) is 0 Å². The standard InChI is InChI=1S/C71H128N10O14/c1-24-26-27-30-47(13)62(84)59-64(86)73-53(25-2)69(91)75(18)50(16)67(89)80(23)61(51(17)95-34-29-28-31-81-32-35-94-36-33-81)58(83)41-52(45(9)10)68(90)76(19)54(37-42(3)4)57(82)40-48(14)63(85)72-49(15)66(88)77(20)55(38-43(5)6)70(92)78(21)56(39-44(7)8)71(93)79(22)60(46(11)12)65(87)74-59/h42-56,59-62,84H,24-41H2,1-23H3,(H,72,85)(H,73,86)(H,74,87)/t47-,48-,49-,50-,51-,52+,53+,54+,55+,56+,59+,60+,61+,62-/m1/s1. The first-order valence-corrected chi connectivity index (χ1v) is 35.5. The van der Waals surface area contributed by atoms with Crippen LogP contribution in [0.1, 0.15) is 195 Å². The summed E-state index contributed by atoms with van der Waals surface area (Å²) in [7, 11) is 8.75. The molecule has 24 heteroatoms. The maximum Gasteiger partial charge on any atom is 0.245 e. The molecule has 14 atom stereocenters. The van der Waals surface area contributed by atoms with Gasteiger partial charge in [0.2, 0.25) is 53.2 Å². The van der Waals surface area contributed by atoms with E-state index >= 15 is 14.4 Å². The first kappa shape index (κ1) is 85.5. The Morgan fingerprint density at radius 1 is 0.516 bits per heavy atom. The number of Topliss-reactive ketones (excluding diaryl/α,β-unsaturated/α-hetero) is 2. The van der Waals surface area contributed by atoms with Crippen molar-refractivity contribution in [2.24, 2.45) is 47.3 Å². The van der Waals surface area contributed by atoms with Crippen LogP contribution in [0, 0.1) is 47.3 Å². The molecule has 9 amide bonds. The number of morpholine rings is 1. The van der Waals surface area contributed by atoms with E-state index in [-0.39, 0.29) is 62.9 Å². The molecule has 0 spiro atoms. The minimum absolute atomic E-state index is 0.0130. The third kappa shape index (κ3) is 25.3. The molecule has 4 N–H and O–H groups in total. The lowest BCUT2D eigenvalue weighted by atomic mass is 9.85. The smallest absolute Gasteiger partial charge is 0.245 e. The van der Waals surface area contributed by atoms with Crippen LogP contribution in [0.5, 0.6) is 0 Å². The summed E-state index contributed by atoms with van der Waals surface area (Å²) in [5.74, 6) is -10.8. The van der Waals surface area contributed by atoms with Gasteiger partial charge in [-0.05, 0) is 108 Å². The monoisotopic (exact) mass is 1340 g/mol. The molecule has 0 aliphatic carbocycles. The third-order valence-electron chi connectivity index (χ3n) is 19.3. The summed E-state index contributed by atoms with van der Waals surface area (Å²) in [5, 5.41) is 20.5. The van der Waals surface area contributed by atoms with E-state index in [1.54, 1.807) is 55.4 Å². The van der Waals surface area contributed by atoms with Gasteiger partial charge in [-0.1, -0.05) is 116 Å². The van der Waals surface area contributed by atoms with Crippen LogP contribution in [0.2, 0.25) is 0 Å². The van der Waals surface area contributed by atoms with Gasteiger partial charge < -0.3 is 59.9 Å². The number of likely N-dealkylation sites (N-methyl/N-ethyl adjacent to an activating group) is 6. The number of rotatable bonds is 22. The Hall–Kier alpha value is -5.59. The van der Waals surface area contributed by atoms with Crippen LogP contribution in [0.4, 0.5) is 0 Å². The van der Waals surface area contributed by atoms with Crippen molar-refractivity contribution in [2.45, 2.75) is 261 Å². The van der Waals surface area contributed by atoms with Crippen molar-refractivity contribution in [1.82, 2.24) is 50.2 Å². The molecule has 2 saturated heterocycles. The normalized spacial score (nSPS) is 27.5. The quantitative estimate of drug-likeness (QED) is 0.0963. The molecule has 0 unspecified atom stereocenters. The van der Waals surface area contributed by atoms with Gasteiger partial charge in [0.05, 0.1) is 31.5 Å². The summed E-state index contributed by atoms with van der Waals surface area (Å²) in [5.41, 5.74) is 0. The van der Waals surface area contributed by atoms with Crippen molar-refractivity contribution < 1.29 is 67.3 Å². The lowest BCUT2D eigenvalue weighted by Gasteiger charge is -2.40. The largest absolute Gasteiger partial charge is 0.390 e.